The number of hydrogen-bond acceptors (Lipinski definition) is 4. The summed E-state index contributed by atoms with van der Waals surface area (Å²) in [5.74, 6) is 1.34. The normalized spacial score (nSPS) is 14.4. The van der Waals surface area contributed by atoms with Crippen LogP contribution in [0.5, 0.6) is 11.5 Å². The van der Waals surface area contributed by atoms with Crippen molar-refractivity contribution in [2.75, 3.05) is 13.2 Å². The molecular weight excluding hydrogens is 338 g/mol. The van der Waals surface area contributed by atoms with Gasteiger partial charge in [0.15, 0.2) is 11.5 Å². The van der Waals surface area contributed by atoms with Gasteiger partial charge in [-0.2, -0.15) is 0 Å². The van der Waals surface area contributed by atoms with E-state index in [1.54, 1.807) is 24.3 Å². The zero-order valence-electron chi connectivity index (χ0n) is 14.7. The minimum atomic E-state index is -3.56. The average Bonchev–Trinajstić information content (AvgIpc) is 2.59. The summed E-state index contributed by atoms with van der Waals surface area (Å²) < 4.78 is 38.6. The zero-order valence-corrected chi connectivity index (χ0v) is 15.5. The molecule has 1 N–H and O–H groups in total. The third-order valence-electron chi connectivity index (χ3n) is 4.10. The first-order chi connectivity index (χ1) is 11.8. The van der Waals surface area contributed by atoms with Crippen molar-refractivity contribution in [3.63, 3.8) is 0 Å². The minimum absolute atomic E-state index is 0.0130. The van der Waals surface area contributed by atoms with E-state index in [4.69, 9.17) is 9.47 Å². The zero-order chi connectivity index (χ0) is 18.1. The highest BCUT2D eigenvalue weighted by atomic mass is 32.2. The van der Waals surface area contributed by atoms with Crippen LogP contribution in [-0.4, -0.2) is 21.6 Å². The van der Waals surface area contributed by atoms with E-state index in [9.17, 15) is 8.42 Å². The highest BCUT2D eigenvalue weighted by Gasteiger charge is 2.18. The topological polar surface area (TPSA) is 64.6 Å². The van der Waals surface area contributed by atoms with Gasteiger partial charge in [-0.15, -0.1) is 0 Å². The van der Waals surface area contributed by atoms with Crippen LogP contribution in [0.3, 0.4) is 0 Å². The number of rotatable bonds is 4. The summed E-state index contributed by atoms with van der Waals surface area (Å²) >= 11 is 0. The van der Waals surface area contributed by atoms with Gasteiger partial charge in [-0.25, -0.2) is 13.1 Å². The van der Waals surface area contributed by atoms with E-state index in [-0.39, 0.29) is 16.9 Å². The summed E-state index contributed by atoms with van der Waals surface area (Å²) in [6, 6.07) is 12.4. The molecule has 0 bridgehead atoms. The maximum atomic E-state index is 12.5. The summed E-state index contributed by atoms with van der Waals surface area (Å²) in [7, 11) is -3.56. The Bertz CT molecular complexity index is 852. The van der Waals surface area contributed by atoms with E-state index in [1.807, 2.05) is 18.2 Å². The number of ether oxygens (including phenoxy) is 2. The summed E-state index contributed by atoms with van der Waals surface area (Å²) in [5, 5.41) is 0. The summed E-state index contributed by atoms with van der Waals surface area (Å²) in [4.78, 5) is 0.262. The SMILES string of the molecule is CC(C)(C)c1ccc(S(=O)(=O)NCc2ccc3c(c2)OCCO3)cc1. The first-order valence-corrected chi connectivity index (χ1v) is 9.73. The van der Waals surface area contributed by atoms with Crippen molar-refractivity contribution in [3.05, 3.63) is 53.6 Å². The number of fused-ring (bicyclic) bond motifs is 1. The molecule has 0 radical (unpaired) electrons. The van der Waals surface area contributed by atoms with Crippen LogP contribution >= 0.6 is 0 Å². The van der Waals surface area contributed by atoms with Gasteiger partial charge in [0.25, 0.3) is 0 Å². The van der Waals surface area contributed by atoms with Crippen LogP contribution in [-0.2, 0) is 22.0 Å². The molecule has 25 heavy (non-hydrogen) atoms. The molecule has 0 saturated heterocycles. The van der Waals surface area contributed by atoms with Gasteiger partial charge in [-0.1, -0.05) is 39.0 Å². The molecule has 1 aliphatic heterocycles. The molecule has 0 fully saturated rings. The van der Waals surface area contributed by atoms with Crippen LogP contribution in [0.25, 0.3) is 0 Å². The molecule has 0 atom stereocenters. The molecule has 134 valence electrons. The Morgan fingerprint density at radius 3 is 2.24 bits per heavy atom. The first kappa shape index (κ1) is 17.8. The van der Waals surface area contributed by atoms with Gasteiger partial charge in [-0.3, -0.25) is 0 Å². The Balaban J connectivity index is 1.71. The predicted octanol–water partition coefficient (Wildman–Crippen LogP) is 3.23. The smallest absolute Gasteiger partial charge is 0.240 e. The minimum Gasteiger partial charge on any atom is -0.486 e. The van der Waals surface area contributed by atoms with Crippen molar-refractivity contribution in [1.29, 1.82) is 0 Å². The Morgan fingerprint density at radius 1 is 0.960 bits per heavy atom. The second kappa shape index (κ2) is 6.69. The largest absolute Gasteiger partial charge is 0.486 e. The van der Waals surface area contributed by atoms with Crippen LogP contribution in [0.2, 0.25) is 0 Å². The summed E-state index contributed by atoms with van der Waals surface area (Å²) in [6.07, 6.45) is 0. The molecule has 0 amide bonds. The second-order valence-electron chi connectivity index (χ2n) is 7.08. The van der Waals surface area contributed by atoms with Gasteiger partial charge >= 0.3 is 0 Å². The fourth-order valence-electron chi connectivity index (χ4n) is 2.59. The van der Waals surface area contributed by atoms with Gasteiger partial charge in [0.1, 0.15) is 13.2 Å². The van der Waals surface area contributed by atoms with Crippen molar-refractivity contribution >= 4 is 10.0 Å². The third-order valence-corrected chi connectivity index (χ3v) is 5.52. The third kappa shape index (κ3) is 4.14. The van der Waals surface area contributed by atoms with Gasteiger partial charge in [0, 0.05) is 6.54 Å². The molecule has 0 saturated carbocycles. The molecule has 1 aliphatic rings. The van der Waals surface area contributed by atoms with Crippen molar-refractivity contribution in [3.8, 4) is 11.5 Å². The van der Waals surface area contributed by atoms with Crippen LogP contribution in [0.15, 0.2) is 47.4 Å². The lowest BCUT2D eigenvalue weighted by molar-refractivity contribution is 0.171. The number of benzene rings is 2. The second-order valence-corrected chi connectivity index (χ2v) is 8.84. The van der Waals surface area contributed by atoms with E-state index in [1.165, 1.54) is 0 Å². The highest BCUT2D eigenvalue weighted by molar-refractivity contribution is 7.89. The standard InChI is InChI=1S/C19H23NO4S/c1-19(2,3)15-5-7-16(8-6-15)25(21,22)20-13-14-4-9-17-18(12-14)24-11-10-23-17/h4-9,12,20H,10-11,13H2,1-3H3. The van der Waals surface area contributed by atoms with E-state index in [0.717, 1.165) is 11.1 Å². The fourth-order valence-corrected chi connectivity index (χ4v) is 3.61. The first-order valence-electron chi connectivity index (χ1n) is 8.24. The monoisotopic (exact) mass is 361 g/mol. The van der Waals surface area contributed by atoms with Gasteiger partial charge in [0.05, 0.1) is 4.90 Å². The van der Waals surface area contributed by atoms with Crippen molar-refractivity contribution in [1.82, 2.24) is 4.72 Å². The predicted molar refractivity (Wildman–Crippen MR) is 96.6 cm³/mol. The molecule has 1 heterocycles. The van der Waals surface area contributed by atoms with E-state index in [2.05, 4.69) is 25.5 Å². The van der Waals surface area contributed by atoms with Crippen LogP contribution in [0, 0.1) is 0 Å². The van der Waals surface area contributed by atoms with Gasteiger partial charge < -0.3 is 9.47 Å². The molecule has 0 spiro atoms. The number of hydrogen-bond donors (Lipinski definition) is 1. The van der Waals surface area contributed by atoms with Crippen LogP contribution in [0.4, 0.5) is 0 Å². The quantitative estimate of drug-likeness (QED) is 0.908. The van der Waals surface area contributed by atoms with Gasteiger partial charge in [0.2, 0.25) is 10.0 Å². The Labute approximate surface area is 149 Å². The van der Waals surface area contributed by atoms with E-state index < -0.39 is 10.0 Å². The van der Waals surface area contributed by atoms with Crippen LogP contribution in [0.1, 0.15) is 31.9 Å². The molecule has 0 unspecified atom stereocenters. The molecule has 0 aromatic heterocycles. The molecule has 5 nitrogen and oxygen atoms in total. The highest BCUT2D eigenvalue weighted by Crippen LogP contribution is 2.30. The molecule has 3 rings (SSSR count). The maximum absolute atomic E-state index is 12.5. The Morgan fingerprint density at radius 2 is 1.60 bits per heavy atom. The summed E-state index contributed by atoms with van der Waals surface area (Å²) in [5.41, 5.74) is 1.90. The molecular formula is C19H23NO4S. The van der Waals surface area contributed by atoms with E-state index in [0.29, 0.717) is 24.7 Å². The van der Waals surface area contributed by atoms with Crippen molar-refractivity contribution in [2.45, 2.75) is 37.6 Å². The lowest BCUT2D eigenvalue weighted by Crippen LogP contribution is -2.23. The lowest BCUT2D eigenvalue weighted by atomic mass is 9.87. The average molecular weight is 361 g/mol. The number of sulfonamides is 1. The number of nitrogens with one attached hydrogen (secondary N) is 1. The fraction of sp³-hybridized carbons (Fsp3) is 0.368. The molecule has 0 aliphatic carbocycles. The van der Waals surface area contributed by atoms with E-state index >= 15 is 0 Å². The lowest BCUT2D eigenvalue weighted by Gasteiger charge is -2.19. The van der Waals surface area contributed by atoms with Crippen molar-refractivity contribution in [2.24, 2.45) is 0 Å². The van der Waals surface area contributed by atoms with Crippen molar-refractivity contribution < 1.29 is 17.9 Å². The van der Waals surface area contributed by atoms with Crippen LogP contribution < -0.4 is 14.2 Å². The molecule has 2 aromatic rings. The van der Waals surface area contributed by atoms with Gasteiger partial charge in [-0.05, 0) is 40.8 Å². The Hall–Kier alpha value is -2.05. The molecule has 6 heteroatoms. The Kier molecular flexibility index (Phi) is 4.75. The maximum Gasteiger partial charge on any atom is 0.240 e. The molecule has 2 aromatic carbocycles. The summed E-state index contributed by atoms with van der Waals surface area (Å²) in [6.45, 7) is 7.51.